The number of ketones is 2. The number of aromatic nitrogens is 5. The minimum absolute atomic E-state index is 0.0697. The van der Waals surface area contributed by atoms with Crippen molar-refractivity contribution in [3.63, 3.8) is 0 Å². The number of benzene rings is 1. The lowest BCUT2D eigenvalue weighted by Gasteiger charge is -2.28. The van der Waals surface area contributed by atoms with Gasteiger partial charge < -0.3 is 4.90 Å². The van der Waals surface area contributed by atoms with Gasteiger partial charge in [0.2, 0.25) is 0 Å². The third-order valence-electron chi connectivity index (χ3n) is 7.25. The maximum atomic E-state index is 13.7. The topological polar surface area (TPSA) is 123 Å². The van der Waals surface area contributed by atoms with E-state index in [9.17, 15) is 14.4 Å². The number of carbonyl (C=O) groups is 3. The number of fused-ring (bicyclic) bond motifs is 1. The van der Waals surface area contributed by atoms with Crippen LogP contribution < -0.4 is 5.32 Å². The molecule has 0 spiro atoms. The maximum absolute atomic E-state index is 13.7. The van der Waals surface area contributed by atoms with Gasteiger partial charge in [0.15, 0.2) is 11.6 Å². The second-order valence-electron chi connectivity index (χ2n) is 9.93. The number of hydrogen-bond acceptors (Lipinski definition) is 7. The Balaban J connectivity index is 1.43. The lowest BCUT2D eigenvalue weighted by molar-refractivity contribution is -0.123. The second-order valence-corrected chi connectivity index (χ2v) is 10.7. The molecule has 1 aromatic carbocycles. The fraction of sp³-hybridized carbons (Fsp3) is 0.321. The van der Waals surface area contributed by atoms with Crippen LogP contribution in [0, 0.1) is 12.8 Å². The van der Waals surface area contributed by atoms with E-state index in [4.69, 9.17) is 0 Å². The highest BCUT2D eigenvalue weighted by Gasteiger charge is 2.43. The first-order valence-electron chi connectivity index (χ1n) is 12.7. The van der Waals surface area contributed by atoms with E-state index < -0.39 is 6.04 Å². The van der Waals surface area contributed by atoms with E-state index in [1.165, 1.54) is 6.92 Å². The number of carbonyl (C=O) groups excluding carboxylic acids is 3. The molecule has 0 saturated carbocycles. The van der Waals surface area contributed by atoms with Gasteiger partial charge in [-0.25, -0.2) is 19.7 Å². The number of Topliss-reactive ketones (excluding diaryl/α,β-unsaturated/α-hetero) is 2. The quantitative estimate of drug-likeness (QED) is 0.246. The Morgan fingerprint density at radius 1 is 1.08 bits per heavy atom. The summed E-state index contributed by atoms with van der Waals surface area (Å²) in [7, 11) is 0. The minimum atomic E-state index is -0.633. The summed E-state index contributed by atoms with van der Waals surface area (Å²) in [4.78, 5) is 53.8. The van der Waals surface area contributed by atoms with Gasteiger partial charge in [0.1, 0.15) is 28.5 Å². The summed E-state index contributed by atoms with van der Waals surface area (Å²) in [6, 6.07) is 9.70. The molecule has 4 heterocycles. The fourth-order valence-electron chi connectivity index (χ4n) is 5.02. The van der Waals surface area contributed by atoms with Gasteiger partial charge >= 0.3 is 6.03 Å². The average Bonchev–Trinajstić information content (AvgIpc) is 3.41. The summed E-state index contributed by atoms with van der Waals surface area (Å²) in [5.41, 5.74) is 2.62. The second kappa shape index (κ2) is 10.6. The molecule has 3 aromatic heterocycles. The summed E-state index contributed by atoms with van der Waals surface area (Å²) in [6.45, 7) is 7.18. The molecular weight excluding hydrogens is 562 g/mol. The number of nitrogens with zero attached hydrogens (tertiary/aromatic N) is 6. The number of hydrogen-bond donors (Lipinski definition) is 1. The number of pyridine rings is 1. The number of urea groups is 1. The molecule has 0 aliphatic carbocycles. The standard InChI is InChI=1S/C28H28BrN7O3/c1-15-10-23(36(16(15)2)28(39)33-26-7-5-6-25(29)32-26)24(38)14-35-22-9-8-19(20-12-30-18(4)31-13-20)11-21(22)27(34-35)17(3)37/h5-9,11-13,15-16,23H,10,14H2,1-4H3,(H,32,33,39)/t15-,16-,23+/m1/s1. The molecule has 39 heavy (non-hydrogen) atoms. The van der Waals surface area contributed by atoms with Crippen LogP contribution in [0.1, 0.15) is 43.5 Å². The largest absolute Gasteiger partial charge is 0.323 e. The SMILES string of the molecule is CC(=O)c1nn(CC(=O)[C@@H]2C[C@@H](C)[C@@H](C)N2C(=O)Nc2cccc(Br)n2)c2ccc(-c3cnc(C)nc3)cc12. The summed E-state index contributed by atoms with van der Waals surface area (Å²) in [5.74, 6) is 0.836. The zero-order valence-electron chi connectivity index (χ0n) is 22.1. The van der Waals surface area contributed by atoms with E-state index in [1.54, 1.807) is 40.2 Å². The van der Waals surface area contributed by atoms with Gasteiger partial charge in [0, 0.05) is 36.3 Å². The normalized spacial score (nSPS) is 18.9. The van der Waals surface area contributed by atoms with Gasteiger partial charge in [-0.15, -0.1) is 0 Å². The number of halogens is 1. The van der Waals surface area contributed by atoms with Crippen LogP contribution in [0.2, 0.25) is 0 Å². The van der Waals surface area contributed by atoms with Crippen LogP contribution >= 0.6 is 15.9 Å². The Morgan fingerprint density at radius 3 is 2.51 bits per heavy atom. The van der Waals surface area contributed by atoms with Crippen molar-refractivity contribution in [3.8, 4) is 11.1 Å². The molecule has 3 atom stereocenters. The molecule has 1 aliphatic heterocycles. The highest BCUT2D eigenvalue weighted by Crippen LogP contribution is 2.32. The van der Waals surface area contributed by atoms with Crippen LogP contribution in [0.25, 0.3) is 22.0 Å². The lowest BCUT2D eigenvalue weighted by atomic mass is 10.0. The number of rotatable bonds is 6. The predicted molar refractivity (Wildman–Crippen MR) is 150 cm³/mol. The highest BCUT2D eigenvalue weighted by atomic mass is 79.9. The number of nitrogens with one attached hydrogen (secondary N) is 1. The number of likely N-dealkylation sites (tertiary alicyclic amines) is 1. The average molecular weight is 590 g/mol. The van der Waals surface area contributed by atoms with E-state index in [1.807, 2.05) is 39.0 Å². The van der Waals surface area contributed by atoms with Crippen LogP contribution in [0.4, 0.5) is 10.6 Å². The Bertz CT molecular complexity index is 1580. The summed E-state index contributed by atoms with van der Waals surface area (Å²) in [5, 5.41) is 7.98. The molecule has 5 rings (SSSR count). The molecule has 1 fully saturated rings. The Labute approximate surface area is 234 Å². The van der Waals surface area contributed by atoms with Crippen molar-refractivity contribution in [2.24, 2.45) is 5.92 Å². The maximum Gasteiger partial charge on any atom is 0.323 e. The molecule has 1 aliphatic rings. The molecule has 0 bridgehead atoms. The number of anilines is 1. The van der Waals surface area contributed by atoms with Crippen LogP contribution in [-0.2, 0) is 11.3 Å². The zero-order chi connectivity index (χ0) is 27.8. The van der Waals surface area contributed by atoms with Crippen molar-refractivity contribution in [1.82, 2.24) is 29.6 Å². The molecule has 11 heteroatoms. The van der Waals surface area contributed by atoms with E-state index in [0.717, 1.165) is 11.1 Å². The lowest BCUT2D eigenvalue weighted by Crippen LogP contribution is -2.47. The molecule has 0 radical (unpaired) electrons. The van der Waals surface area contributed by atoms with Crippen molar-refractivity contribution in [2.45, 2.75) is 52.7 Å². The van der Waals surface area contributed by atoms with Crippen LogP contribution in [-0.4, -0.2) is 59.3 Å². The smallest absolute Gasteiger partial charge is 0.311 e. The first kappa shape index (κ1) is 26.6. The Hall–Kier alpha value is -3.99. The zero-order valence-corrected chi connectivity index (χ0v) is 23.6. The third-order valence-corrected chi connectivity index (χ3v) is 7.69. The molecule has 10 nitrogen and oxygen atoms in total. The molecule has 0 unspecified atom stereocenters. The van der Waals surface area contributed by atoms with Gasteiger partial charge in [-0.2, -0.15) is 5.10 Å². The van der Waals surface area contributed by atoms with Gasteiger partial charge in [-0.05, 0) is 71.9 Å². The predicted octanol–water partition coefficient (Wildman–Crippen LogP) is 5.06. The summed E-state index contributed by atoms with van der Waals surface area (Å²) >= 11 is 3.31. The number of amides is 2. The Morgan fingerprint density at radius 2 is 1.82 bits per heavy atom. The van der Waals surface area contributed by atoms with Gasteiger partial charge in [-0.1, -0.05) is 19.1 Å². The van der Waals surface area contributed by atoms with Gasteiger partial charge in [-0.3, -0.25) is 19.6 Å². The first-order valence-corrected chi connectivity index (χ1v) is 13.5. The highest BCUT2D eigenvalue weighted by molar-refractivity contribution is 9.10. The Kier molecular flexibility index (Phi) is 7.26. The monoisotopic (exact) mass is 589 g/mol. The minimum Gasteiger partial charge on any atom is -0.311 e. The fourth-order valence-corrected chi connectivity index (χ4v) is 5.36. The summed E-state index contributed by atoms with van der Waals surface area (Å²) < 4.78 is 2.16. The van der Waals surface area contributed by atoms with Crippen LogP contribution in [0.15, 0.2) is 53.4 Å². The van der Waals surface area contributed by atoms with Crippen molar-refractivity contribution < 1.29 is 14.4 Å². The van der Waals surface area contributed by atoms with Crippen molar-refractivity contribution in [3.05, 3.63) is 64.9 Å². The van der Waals surface area contributed by atoms with E-state index in [0.29, 0.717) is 33.6 Å². The van der Waals surface area contributed by atoms with E-state index in [2.05, 4.69) is 41.3 Å². The first-order chi connectivity index (χ1) is 18.6. The summed E-state index contributed by atoms with van der Waals surface area (Å²) in [6.07, 6.45) is 4.00. The molecular formula is C28H28BrN7O3. The molecule has 1 saturated heterocycles. The van der Waals surface area contributed by atoms with Gasteiger partial charge in [0.25, 0.3) is 0 Å². The van der Waals surface area contributed by atoms with Crippen molar-refractivity contribution in [1.29, 1.82) is 0 Å². The molecule has 2 amide bonds. The van der Waals surface area contributed by atoms with Gasteiger partial charge in [0.05, 0.1) is 11.6 Å². The number of aryl methyl sites for hydroxylation is 1. The molecule has 1 N–H and O–H groups in total. The third kappa shape index (κ3) is 5.31. The van der Waals surface area contributed by atoms with Crippen LogP contribution in [0.3, 0.4) is 0 Å². The van der Waals surface area contributed by atoms with E-state index >= 15 is 0 Å². The van der Waals surface area contributed by atoms with Crippen molar-refractivity contribution in [2.75, 3.05) is 5.32 Å². The molecule has 4 aromatic rings. The molecule has 200 valence electrons. The van der Waals surface area contributed by atoms with Crippen molar-refractivity contribution >= 4 is 50.2 Å². The van der Waals surface area contributed by atoms with E-state index in [-0.39, 0.29) is 41.8 Å². The van der Waals surface area contributed by atoms with Crippen LogP contribution in [0.5, 0.6) is 0 Å².